The molecule has 1 amide bonds. The van der Waals surface area contributed by atoms with E-state index in [1.807, 2.05) is 0 Å². The van der Waals surface area contributed by atoms with Crippen LogP contribution in [0.5, 0.6) is 0 Å². The number of halogens is 3. The van der Waals surface area contributed by atoms with Crippen LogP contribution in [0.4, 0.5) is 18.9 Å². The lowest BCUT2D eigenvalue weighted by Crippen LogP contribution is -2.49. The van der Waals surface area contributed by atoms with Crippen LogP contribution in [0.25, 0.3) is 0 Å². The summed E-state index contributed by atoms with van der Waals surface area (Å²) in [6.45, 7) is 0.653. The highest BCUT2D eigenvalue weighted by molar-refractivity contribution is 5.81. The molecule has 10 heteroatoms. The number of rotatable bonds is 4. The van der Waals surface area contributed by atoms with E-state index in [2.05, 4.69) is 4.98 Å². The molecule has 2 rings (SSSR count). The second kappa shape index (κ2) is 6.71. The van der Waals surface area contributed by atoms with Crippen molar-refractivity contribution in [3.8, 4) is 0 Å². The quantitative estimate of drug-likeness (QED) is 0.613. The van der Waals surface area contributed by atoms with E-state index in [4.69, 9.17) is 0 Å². The lowest BCUT2D eigenvalue weighted by Gasteiger charge is -2.33. The third-order valence-electron chi connectivity index (χ3n) is 3.99. The van der Waals surface area contributed by atoms with E-state index in [0.717, 1.165) is 11.1 Å². The van der Waals surface area contributed by atoms with Crippen molar-refractivity contribution >= 4 is 11.6 Å². The molecule has 2 heterocycles. The van der Waals surface area contributed by atoms with Gasteiger partial charge in [-0.15, -0.1) is 0 Å². The van der Waals surface area contributed by atoms with E-state index in [1.165, 1.54) is 24.9 Å². The molecule has 0 aliphatic carbocycles. The van der Waals surface area contributed by atoms with E-state index in [9.17, 15) is 28.1 Å². The van der Waals surface area contributed by atoms with Crippen LogP contribution in [-0.4, -0.2) is 58.0 Å². The highest BCUT2D eigenvalue weighted by Gasteiger charge is 2.34. The fourth-order valence-electron chi connectivity index (χ4n) is 2.57. The summed E-state index contributed by atoms with van der Waals surface area (Å²) in [5.41, 5.74) is 1.04. The largest absolute Gasteiger partial charge is 0.401 e. The van der Waals surface area contributed by atoms with Gasteiger partial charge in [-0.2, -0.15) is 13.2 Å². The Morgan fingerprint density at radius 1 is 1.54 bits per heavy atom. The number of nitrogens with zero attached hydrogens (tertiary/aromatic N) is 4. The Balaban J connectivity index is 2.10. The number of fused-ring (bicyclic) bond motifs is 1. The van der Waals surface area contributed by atoms with Gasteiger partial charge in [0.1, 0.15) is 6.20 Å². The molecule has 0 fully saturated rings. The number of nitro groups is 1. The van der Waals surface area contributed by atoms with Crippen molar-refractivity contribution in [2.75, 3.05) is 20.1 Å². The summed E-state index contributed by atoms with van der Waals surface area (Å²) in [5.74, 6) is -0.445. The van der Waals surface area contributed by atoms with Crippen LogP contribution in [0, 0.1) is 10.1 Å². The average Bonchev–Trinajstić information content (AvgIpc) is 2.50. The molecule has 0 radical (unpaired) electrons. The van der Waals surface area contributed by atoms with Crippen LogP contribution in [-0.2, 0) is 17.8 Å². The van der Waals surface area contributed by atoms with Gasteiger partial charge in [-0.3, -0.25) is 24.8 Å². The van der Waals surface area contributed by atoms with Gasteiger partial charge >= 0.3 is 6.18 Å². The summed E-state index contributed by atoms with van der Waals surface area (Å²) >= 11 is 0. The number of amides is 1. The van der Waals surface area contributed by atoms with Crippen LogP contribution < -0.4 is 0 Å². The molecule has 0 saturated carbocycles. The minimum atomic E-state index is -4.39. The van der Waals surface area contributed by atoms with Gasteiger partial charge in [-0.1, -0.05) is 0 Å². The summed E-state index contributed by atoms with van der Waals surface area (Å²) in [6, 6.07) is 0.408. The van der Waals surface area contributed by atoms with E-state index in [1.54, 1.807) is 0 Å². The normalized spacial score (nSPS) is 16.0. The van der Waals surface area contributed by atoms with Gasteiger partial charge in [-0.05, 0) is 19.5 Å². The van der Waals surface area contributed by atoms with Gasteiger partial charge in [0.2, 0.25) is 5.91 Å². The zero-order valence-electron chi connectivity index (χ0n) is 13.2. The maximum absolute atomic E-state index is 12.5. The Bertz CT molecular complexity index is 651. The Hall–Kier alpha value is -2.23. The Morgan fingerprint density at radius 2 is 2.21 bits per heavy atom. The third kappa shape index (κ3) is 4.19. The highest BCUT2D eigenvalue weighted by Crippen LogP contribution is 2.23. The van der Waals surface area contributed by atoms with Crippen molar-refractivity contribution in [3.63, 3.8) is 0 Å². The van der Waals surface area contributed by atoms with E-state index >= 15 is 0 Å². The molecule has 24 heavy (non-hydrogen) atoms. The molecular formula is C14H17F3N4O3. The lowest BCUT2D eigenvalue weighted by atomic mass is 10.0. The number of aromatic nitrogens is 1. The van der Waals surface area contributed by atoms with Gasteiger partial charge in [0.25, 0.3) is 5.69 Å². The Labute approximate surface area is 136 Å². The minimum absolute atomic E-state index is 0.104. The standard InChI is InChI=1S/C14H17F3N4O3/c1-9(19(2)8-14(15,16)17)13(22)20-4-3-12-10(7-20)5-11(6-18-12)21(23)24/h5-6,9H,3-4,7-8H2,1-2H3/t9-/m1/s1. The van der Waals surface area contributed by atoms with Crippen LogP contribution >= 0.6 is 0 Å². The predicted octanol–water partition coefficient (Wildman–Crippen LogP) is 1.76. The number of pyridine rings is 1. The topological polar surface area (TPSA) is 79.6 Å². The number of alkyl halides is 3. The highest BCUT2D eigenvalue weighted by atomic mass is 19.4. The van der Waals surface area contributed by atoms with Crippen molar-refractivity contribution in [3.05, 3.63) is 33.6 Å². The second-order valence-corrected chi connectivity index (χ2v) is 5.77. The summed E-state index contributed by atoms with van der Waals surface area (Å²) < 4.78 is 37.4. The van der Waals surface area contributed by atoms with Crippen LogP contribution in [0.2, 0.25) is 0 Å². The minimum Gasteiger partial charge on any atom is -0.337 e. The van der Waals surface area contributed by atoms with Crippen LogP contribution in [0.3, 0.4) is 0 Å². The number of hydrogen-bond donors (Lipinski definition) is 0. The molecule has 0 N–H and O–H groups in total. The molecular weight excluding hydrogens is 329 g/mol. The molecule has 0 unspecified atom stereocenters. The van der Waals surface area contributed by atoms with Crippen LogP contribution in [0.1, 0.15) is 18.2 Å². The summed E-state index contributed by atoms with van der Waals surface area (Å²) in [4.78, 5) is 29.0. The van der Waals surface area contributed by atoms with Crippen molar-refractivity contribution in [2.24, 2.45) is 0 Å². The summed E-state index contributed by atoms with van der Waals surface area (Å²) in [6.07, 6.45) is -2.81. The summed E-state index contributed by atoms with van der Waals surface area (Å²) in [5, 5.41) is 10.8. The zero-order chi connectivity index (χ0) is 18.1. The molecule has 0 aromatic carbocycles. The van der Waals surface area contributed by atoms with Gasteiger partial charge in [0.05, 0.1) is 17.5 Å². The van der Waals surface area contributed by atoms with E-state index < -0.39 is 29.6 Å². The van der Waals surface area contributed by atoms with Crippen molar-refractivity contribution < 1.29 is 22.9 Å². The molecule has 0 saturated heterocycles. The smallest absolute Gasteiger partial charge is 0.337 e. The van der Waals surface area contributed by atoms with Gasteiger partial charge in [0.15, 0.2) is 0 Å². The Morgan fingerprint density at radius 3 is 2.79 bits per heavy atom. The molecule has 1 aromatic heterocycles. The first-order valence-electron chi connectivity index (χ1n) is 7.26. The number of likely N-dealkylation sites (N-methyl/N-ethyl adjacent to an activating group) is 1. The third-order valence-corrected chi connectivity index (χ3v) is 3.99. The first kappa shape index (κ1) is 18.1. The van der Waals surface area contributed by atoms with Crippen molar-refractivity contribution in [1.82, 2.24) is 14.8 Å². The number of carbonyl (C=O) groups is 1. The lowest BCUT2D eigenvalue weighted by molar-refractivity contribution is -0.385. The molecule has 7 nitrogen and oxygen atoms in total. The number of hydrogen-bond acceptors (Lipinski definition) is 5. The monoisotopic (exact) mass is 346 g/mol. The van der Waals surface area contributed by atoms with Crippen molar-refractivity contribution in [2.45, 2.75) is 32.1 Å². The van der Waals surface area contributed by atoms with Crippen LogP contribution in [0.15, 0.2) is 12.3 Å². The first-order valence-corrected chi connectivity index (χ1v) is 7.26. The SMILES string of the molecule is C[C@H](C(=O)N1CCc2ncc([N+](=O)[O-])cc2C1)N(C)CC(F)(F)F. The predicted molar refractivity (Wildman–Crippen MR) is 78.2 cm³/mol. The average molecular weight is 346 g/mol. The maximum Gasteiger partial charge on any atom is 0.401 e. The second-order valence-electron chi connectivity index (χ2n) is 5.77. The maximum atomic E-state index is 12.5. The fourth-order valence-corrected chi connectivity index (χ4v) is 2.57. The van der Waals surface area contributed by atoms with Gasteiger partial charge < -0.3 is 4.90 Å². The number of carbonyl (C=O) groups excluding carboxylic acids is 1. The zero-order valence-corrected chi connectivity index (χ0v) is 13.2. The Kier molecular flexibility index (Phi) is 5.07. The molecule has 132 valence electrons. The molecule has 1 aliphatic heterocycles. The molecule has 1 atom stereocenters. The van der Waals surface area contributed by atoms with E-state index in [-0.39, 0.29) is 12.2 Å². The molecule has 0 bridgehead atoms. The fraction of sp³-hybridized carbons (Fsp3) is 0.571. The van der Waals surface area contributed by atoms with Gasteiger partial charge in [0, 0.05) is 31.3 Å². The van der Waals surface area contributed by atoms with Gasteiger partial charge in [-0.25, -0.2) is 0 Å². The first-order chi connectivity index (χ1) is 11.1. The molecule has 1 aromatic rings. The van der Waals surface area contributed by atoms with Crippen molar-refractivity contribution in [1.29, 1.82) is 0 Å². The molecule has 0 spiro atoms. The van der Waals surface area contributed by atoms with E-state index in [0.29, 0.717) is 24.2 Å². The molecule has 1 aliphatic rings. The summed E-state index contributed by atoms with van der Waals surface area (Å²) in [7, 11) is 1.24.